The summed E-state index contributed by atoms with van der Waals surface area (Å²) in [5, 5.41) is 9.36. The van der Waals surface area contributed by atoms with Gasteiger partial charge in [-0.25, -0.2) is 4.79 Å². The Morgan fingerprint density at radius 3 is 2.17 bits per heavy atom. The van der Waals surface area contributed by atoms with Crippen molar-refractivity contribution < 1.29 is 14.6 Å². The summed E-state index contributed by atoms with van der Waals surface area (Å²) in [5.41, 5.74) is 4.81. The molecule has 0 radical (unpaired) electrons. The van der Waals surface area contributed by atoms with Crippen molar-refractivity contribution in [1.82, 2.24) is 4.90 Å². The van der Waals surface area contributed by atoms with Crippen molar-refractivity contribution in [3.05, 3.63) is 59.7 Å². The van der Waals surface area contributed by atoms with Crippen molar-refractivity contribution >= 4 is 6.09 Å². The fourth-order valence-electron chi connectivity index (χ4n) is 3.18. The van der Waals surface area contributed by atoms with E-state index in [0.29, 0.717) is 6.61 Å². The Bertz CT molecular complexity index is 666. The van der Waals surface area contributed by atoms with Crippen LogP contribution in [0.15, 0.2) is 48.5 Å². The molecule has 1 aliphatic rings. The summed E-state index contributed by atoms with van der Waals surface area (Å²) < 4.78 is 5.48. The molecule has 1 unspecified atom stereocenters. The monoisotopic (exact) mass is 311 g/mol. The minimum Gasteiger partial charge on any atom is -0.448 e. The number of likely N-dealkylation sites (N-methyl/N-ethyl adjacent to an activating group) is 1. The van der Waals surface area contributed by atoms with Gasteiger partial charge < -0.3 is 14.7 Å². The first-order chi connectivity index (χ1) is 11.1. The van der Waals surface area contributed by atoms with Crippen molar-refractivity contribution in [3.63, 3.8) is 0 Å². The third-order valence-electron chi connectivity index (χ3n) is 4.19. The predicted molar refractivity (Wildman–Crippen MR) is 89.4 cm³/mol. The highest BCUT2D eigenvalue weighted by Crippen LogP contribution is 2.44. The number of carbonyl (C=O) groups is 1. The number of hydrogen-bond donors (Lipinski definition) is 1. The van der Waals surface area contributed by atoms with Gasteiger partial charge in [0, 0.05) is 19.5 Å². The Morgan fingerprint density at radius 2 is 1.65 bits per heavy atom. The molecule has 2 aromatic carbocycles. The Kier molecular flexibility index (Phi) is 4.35. The highest BCUT2D eigenvalue weighted by atomic mass is 16.6. The van der Waals surface area contributed by atoms with E-state index in [0.717, 1.165) is 0 Å². The first-order valence-corrected chi connectivity index (χ1v) is 7.82. The van der Waals surface area contributed by atoms with Crippen LogP contribution in [-0.4, -0.2) is 42.4 Å². The molecular weight excluding hydrogens is 290 g/mol. The maximum Gasteiger partial charge on any atom is 0.409 e. The number of rotatable bonds is 4. The zero-order valence-corrected chi connectivity index (χ0v) is 13.4. The number of carbonyl (C=O) groups excluding carboxylic acids is 1. The molecule has 0 saturated carbocycles. The van der Waals surface area contributed by atoms with Crippen LogP contribution in [-0.2, 0) is 4.74 Å². The SMILES string of the molecule is CC(O)CN(C)C(=O)OCC1c2ccccc2-c2ccccc21. The van der Waals surface area contributed by atoms with Crippen LogP contribution in [0.2, 0.25) is 0 Å². The predicted octanol–water partition coefficient (Wildman–Crippen LogP) is 3.25. The molecule has 0 spiro atoms. The maximum atomic E-state index is 12.1. The lowest BCUT2D eigenvalue weighted by molar-refractivity contribution is 0.0863. The van der Waals surface area contributed by atoms with Gasteiger partial charge in [0.05, 0.1) is 6.10 Å². The molecule has 0 saturated heterocycles. The summed E-state index contributed by atoms with van der Waals surface area (Å²) in [4.78, 5) is 13.5. The number of aliphatic hydroxyl groups is 1. The summed E-state index contributed by atoms with van der Waals surface area (Å²) in [5.74, 6) is 0.0614. The first kappa shape index (κ1) is 15.6. The van der Waals surface area contributed by atoms with Crippen LogP contribution in [0.3, 0.4) is 0 Å². The largest absolute Gasteiger partial charge is 0.448 e. The van der Waals surface area contributed by atoms with Gasteiger partial charge >= 0.3 is 6.09 Å². The highest BCUT2D eigenvalue weighted by molar-refractivity contribution is 5.79. The van der Waals surface area contributed by atoms with Gasteiger partial charge in [0.1, 0.15) is 6.61 Å². The van der Waals surface area contributed by atoms with Gasteiger partial charge in [-0.1, -0.05) is 48.5 Å². The lowest BCUT2D eigenvalue weighted by atomic mass is 9.98. The molecule has 4 nitrogen and oxygen atoms in total. The molecule has 3 rings (SSSR count). The minimum absolute atomic E-state index is 0.0614. The molecule has 120 valence electrons. The van der Waals surface area contributed by atoms with E-state index in [4.69, 9.17) is 4.74 Å². The third kappa shape index (κ3) is 3.08. The Morgan fingerprint density at radius 1 is 1.13 bits per heavy atom. The molecule has 0 heterocycles. The number of hydrogen-bond acceptors (Lipinski definition) is 3. The van der Waals surface area contributed by atoms with Gasteiger partial charge in [0.2, 0.25) is 0 Å². The van der Waals surface area contributed by atoms with Gasteiger partial charge in [0.25, 0.3) is 0 Å². The third-order valence-corrected chi connectivity index (χ3v) is 4.19. The first-order valence-electron chi connectivity index (χ1n) is 7.82. The van der Waals surface area contributed by atoms with Crippen molar-refractivity contribution in [2.24, 2.45) is 0 Å². The van der Waals surface area contributed by atoms with Crippen LogP contribution >= 0.6 is 0 Å². The lowest BCUT2D eigenvalue weighted by Crippen LogP contribution is -2.34. The lowest BCUT2D eigenvalue weighted by Gasteiger charge is -2.20. The number of ether oxygens (including phenoxy) is 1. The molecule has 23 heavy (non-hydrogen) atoms. The summed E-state index contributed by atoms with van der Waals surface area (Å²) in [7, 11) is 1.63. The molecule has 1 amide bonds. The van der Waals surface area contributed by atoms with E-state index in [1.54, 1.807) is 14.0 Å². The van der Waals surface area contributed by atoms with Crippen molar-refractivity contribution in [2.45, 2.75) is 18.9 Å². The standard InChI is InChI=1S/C19H21NO3/c1-13(21)11-20(2)19(22)23-12-18-16-9-5-3-7-14(16)15-8-4-6-10-17(15)18/h3-10,13,18,21H,11-12H2,1-2H3. The van der Waals surface area contributed by atoms with Crippen LogP contribution in [0.4, 0.5) is 4.79 Å². The van der Waals surface area contributed by atoms with Crippen LogP contribution in [0.25, 0.3) is 11.1 Å². The van der Waals surface area contributed by atoms with Gasteiger partial charge in [-0.15, -0.1) is 0 Å². The Hall–Kier alpha value is -2.33. The normalized spacial score (nSPS) is 14.0. The zero-order chi connectivity index (χ0) is 16.4. The fourth-order valence-corrected chi connectivity index (χ4v) is 3.18. The number of aliphatic hydroxyl groups excluding tert-OH is 1. The van der Waals surface area contributed by atoms with Crippen molar-refractivity contribution in [2.75, 3.05) is 20.2 Å². The molecule has 1 aliphatic carbocycles. The molecule has 4 heteroatoms. The number of benzene rings is 2. The van der Waals surface area contributed by atoms with Crippen molar-refractivity contribution in [3.8, 4) is 11.1 Å². The van der Waals surface area contributed by atoms with E-state index in [-0.39, 0.29) is 12.5 Å². The fraction of sp³-hybridized carbons (Fsp3) is 0.316. The van der Waals surface area contributed by atoms with E-state index < -0.39 is 12.2 Å². The summed E-state index contributed by atoms with van der Waals surface area (Å²) in [6.45, 7) is 2.21. The number of amides is 1. The average Bonchev–Trinajstić information content (AvgIpc) is 2.86. The van der Waals surface area contributed by atoms with Crippen LogP contribution in [0.5, 0.6) is 0 Å². The van der Waals surface area contributed by atoms with Crippen LogP contribution in [0, 0.1) is 0 Å². The van der Waals surface area contributed by atoms with Crippen LogP contribution < -0.4 is 0 Å². The topological polar surface area (TPSA) is 49.8 Å². The molecule has 0 aromatic heterocycles. The Balaban J connectivity index is 1.77. The minimum atomic E-state index is -0.569. The van der Waals surface area contributed by atoms with E-state index in [1.807, 2.05) is 24.3 Å². The second-order valence-corrected chi connectivity index (χ2v) is 6.03. The molecule has 2 aromatic rings. The quantitative estimate of drug-likeness (QED) is 0.943. The van der Waals surface area contributed by atoms with E-state index >= 15 is 0 Å². The average molecular weight is 311 g/mol. The van der Waals surface area contributed by atoms with Gasteiger partial charge in [0.15, 0.2) is 0 Å². The summed E-state index contributed by atoms with van der Waals surface area (Å²) in [6.07, 6.45) is -0.978. The van der Waals surface area contributed by atoms with E-state index in [9.17, 15) is 9.90 Å². The van der Waals surface area contributed by atoms with Gasteiger partial charge in [-0.2, -0.15) is 0 Å². The zero-order valence-electron chi connectivity index (χ0n) is 13.4. The second-order valence-electron chi connectivity index (χ2n) is 6.03. The smallest absolute Gasteiger partial charge is 0.409 e. The molecular formula is C19H21NO3. The molecule has 0 aliphatic heterocycles. The number of fused-ring (bicyclic) bond motifs is 3. The van der Waals surface area contributed by atoms with E-state index in [1.165, 1.54) is 27.2 Å². The van der Waals surface area contributed by atoms with Crippen molar-refractivity contribution in [1.29, 1.82) is 0 Å². The Labute approximate surface area is 136 Å². The highest BCUT2D eigenvalue weighted by Gasteiger charge is 2.29. The van der Waals surface area contributed by atoms with E-state index in [2.05, 4.69) is 24.3 Å². The van der Waals surface area contributed by atoms with Gasteiger partial charge in [-0.3, -0.25) is 0 Å². The van der Waals surface area contributed by atoms with Crippen LogP contribution in [0.1, 0.15) is 24.0 Å². The second kappa shape index (κ2) is 6.42. The summed E-state index contributed by atoms with van der Waals surface area (Å²) >= 11 is 0. The molecule has 1 atom stereocenters. The molecule has 0 bridgehead atoms. The number of nitrogens with zero attached hydrogens (tertiary/aromatic N) is 1. The summed E-state index contributed by atoms with van der Waals surface area (Å²) in [6, 6.07) is 16.5. The molecule has 1 N–H and O–H groups in total. The van der Waals surface area contributed by atoms with Gasteiger partial charge in [-0.05, 0) is 29.2 Å². The maximum absolute atomic E-state index is 12.1. The molecule has 0 fully saturated rings.